The molecule has 1 fully saturated rings. The summed E-state index contributed by atoms with van der Waals surface area (Å²) in [6.07, 6.45) is 4.70. The zero-order valence-electron chi connectivity index (χ0n) is 11.9. The fraction of sp³-hybridized carbons (Fsp3) is 0.438. The van der Waals surface area contributed by atoms with Gasteiger partial charge in [-0.2, -0.15) is 0 Å². The predicted molar refractivity (Wildman–Crippen MR) is 85.9 cm³/mol. The number of aliphatic hydroxyl groups excluding tert-OH is 1. The van der Waals surface area contributed by atoms with Crippen LogP contribution < -0.4 is 5.32 Å². The first kappa shape index (κ1) is 14.7. The Hall–Kier alpha value is -1.71. The van der Waals surface area contributed by atoms with Crippen LogP contribution in [0.1, 0.15) is 24.8 Å². The van der Waals surface area contributed by atoms with Crippen molar-refractivity contribution >= 4 is 13.1 Å². The summed E-state index contributed by atoms with van der Waals surface area (Å²) in [5, 5.41) is 20.6. The Kier molecular flexibility index (Phi) is 5.27. The predicted octanol–water partition coefficient (Wildman–Crippen LogP) is 2.85. The number of benzene rings is 1. The van der Waals surface area contributed by atoms with Crippen LogP contribution in [0.2, 0.25) is 6.32 Å². The maximum atomic E-state index is 9.24. The van der Waals surface area contributed by atoms with Crippen LogP contribution in [0.25, 0.3) is 0 Å². The Morgan fingerprint density at radius 1 is 1.35 bits per heavy atom. The van der Waals surface area contributed by atoms with E-state index in [4.69, 9.17) is 5.41 Å². The molecule has 3 nitrogen and oxygen atoms in total. The van der Waals surface area contributed by atoms with Crippen molar-refractivity contribution in [1.29, 1.82) is 5.41 Å². The monoisotopic (exact) mass is 270 g/mol. The van der Waals surface area contributed by atoms with Crippen LogP contribution in [0, 0.1) is 11.3 Å². The zero-order valence-corrected chi connectivity index (χ0v) is 11.9. The van der Waals surface area contributed by atoms with E-state index in [-0.39, 0.29) is 0 Å². The second-order valence-electron chi connectivity index (χ2n) is 5.77. The summed E-state index contributed by atoms with van der Waals surface area (Å²) in [5.74, 6) is 1.88. The Balaban J connectivity index is 1.72. The standard InChI is InChI=1S/C16H23BN2O/c1-12(20)9-14-7-8-15(17-11-14)19-16(18)10-13-5-3-2-4-6-13/h2-6,14-15,17,20H,1,7-11H2,(H2,18,19). The highest BCUT2D eigenvalue weighted by molar-refractivity contribution is 6.38. The molecule has 106 valence electrons. The Morgan fingerprint density at radius 3 is 2.70 bits per heavy atom. The Labute approximate surface area is 121 Å². The average Bonchev–Trinajstić information content (AvgIpc) is 2.41. The van der Waals surface area contributed by atoms with Gasteiger partial charge in [-0.05, 0) is 30.3 Å². The molecule has 0 radical (unpaired) electrons. The molecule has 1 aromatic rings. The molecule has 0 saturated carbocycles. The molecule has 2 atom stereocenters. The molecular weight excluding hydrogens is 247 g/mol. The van der Waals surface area contributed by atoms with Crippen LogP contribution in [0.15, 0.2) is 42.7 Å². The molecule has 1 aliphatic rings. The van der Waals surface area contributed by atoms with E-state index in [0.29, 0.717) is 29.9 Å². The van der Waals surface area contributed by atoms with E-state index in [1.54, 1.807) is 0 Å². The van der Waals surface area contributed by atoms with Gasteiger partial charge in [0, 0.05) is 12.8 Å². The molecule has 1 aromatic carbocycles. The highest BCUT2D eigenvalue weighted by atomic mass is 16.3. The molecular formula is C16H23BN2O. The summed E-state index contributed by atoms with van der Waals surface area (Å²) in [4.78, 5) is 0. The van der Waals surface area contributed by atoms with Crippen molar-refractivity contribution in [1.82, 2.24) is 5.32 Å². The summed E-state index contributed by atoms with van der Waals surface area (Å²) in [7, 11) is 1.08. The van der Waals surface area contributed by atoms with Gasteiger partial charge < -0.3 is 10.4 Å². The molecule has 1 heterocycles. The molecule has 0 aromatic heterocycles. The summed E-state index contributed by atoms with van der Waals surface area (Å²) in [6.45, 7) is 3.57. The van der Waals surface area contributed by atoms with Crippen molar-refractivity contribution < 1.29 is 5.11 Å². The van der Waals surface area contributed by atoms with Crippen LogP contribution >= 0.6 is 0 Å². The molecule has 0 amide bonds. The lowest BCUT2D eigenvalue weighted by Crippen LogP contribution is -2.42. The summed E-state index contributed by atoms with van der Waals surface area (Å²) in [6, 6.07) is 10.1. The normalized spacial score (nSPS) is 21.8. The SMILES string of the molecule is C=C(O)CC1CBC(NC(=N)Cc2ccccc2)CC1. The number of allylic oxidation sites excluding steroid dienone is 1. The highest BCUT2D eigenvalue weighted by Gasteiger charge is 2.23. The minimum absolute atomic E-state index is 0.304. The fourth-order valence-electron chi connectivity index (χ4n) is 2.94. The van der Waals surface area contributed by atoms with Crippen molar-refractivity contribution in [2.24, 2.45) is 5.92 Å². The van der Waals surface area contributed by atoms with Gasteiger partial charge in [0.1, 0.15) is 7.28 Å². The molecule has 4 heteroatoms. The van der Waals surface area contributed by atoms with Gasteiger partial charge in [-0.15, -0.1) is 0 Å². The first-order valence-electron chi connectivity index (χ1n) is 7.38. The Bertz CT molecular complexity index is 453. The molecule has 2 unspecified atom stereocenters. The van der Waals surface area contributed by atoms with E-state index in [9.17, 15) is 5.11 Å². The minimum atomic E-state index is 0.304. The molecule has 1 saturated heterocycles. The lowest BCUT2D eigenvalue weighted by molar-refractivity contribution is 0.342. The zero-order chi connectivity index (χ0) is 14.4. The molecule has 20 heavy (non-hydrogen) atoms. The van der Waals surface area contributed by atoms with Gasteiger partial charge >= 0.3 is 0 Å². The second-order valence-corrected chi connectivity index (χ2v) is 5.77. The molecule has 3 N–H and O–H groups in total. The van der Waals surface area contributed by atoms with E-state index >= 15 is 0 Å². The third-order valence-electron chi connectivity index (χ3n) is 3.97. The van der Waals surface area contributed by atoms with Gasteiger partial charge in [0.25, 0.3) is 0 Å². The smallest absolute Gasteiger partial charge is 0.149 e. The second kappa shape index (κ2) is 7.18. The summed E-state index contributed by atoms with van der Waals surface area (Å²) in [5.41, 5.74) is 1.18. The van der Waals surface area contributed by atoms with Crippen molar-refractivity contribution in [2.45, 2.75) is 37.9 Å². The van der Waals surface area contributed by atoms with E-state index in [2.05, 4.69) is 24.0 Å². The van der Waals surface area contributed by atoms with Crippen LogP contribution in [0.3, 0.4) is 0 Å². The number of amidine groups is 1. The number of aliphatic hydroxyl groups is 1. The largest absolute Gasteiger partial charge is 0.513 e. The summed E-state index contributed by atoms with van der Waals surface area (Å²) >= 11 is 0. The molecule has 0 spiro atoms. The van der Waals surface area contributed by atoms with Crippen molar-refractivity contribution in [2.75, 3.05) is 0 Å². The average molecular weight is 270 g/mol. The van der Waals surface area contributed by atoms with Gasteiger partial charge in [-0.3, -0.25) is 5.41 Å². The lowest BCUT2D eigenvalue weighted by Gasteiger charge is -2.28. The third-order valence-corrected chi connectivity index (χ3v) is 3.97. The summed E-state index contributed by atoms with van der Waals surface area (Å²) < 4.78 is 0. The highest BCUT2D eigenvalue weighted by Crippen LogP contribution is 2.25. The molecule has 1 aliphatic heterocycles. The van der Waals surface area contributed by atoms with E-state index in [0.717, 1.165) is 32.9 Å². The van der Waals surface area contributed by atoms with Crippen LogP contribution in [0.4, 0.5) is 0 Å². The molecule has 2 rings (SSSR count). The first-order valence-corrected chi connectivity index (χ1v) is 7.38. The van der Waals surface area contributed by atoms with Crippen molar-refractivity contribution in [3.8, 4) is 0 Å². The third kappa shape index (κ3) is 4.76. The molecule has 0 aliphatic carbocycles. The van der Waals surface area contributed by atoms with Gasteiger partial charge in [0.15, 0.2) is 0 Å². The van der Waals surface area contributed by atoms with Crippen molar-refractivity contribution in [3.63, 3.8) is 0 Å². The van der Waals surface area contributed by atoms with E-state index in [1.807, 2.05) is 18.2 Å². The lowest BCUT2D eigenvalue weighted by atomic mass is 9.56. The van der Waals surface area contributed by atoms with Gasteiger partial charge in [-0.1, -0.05) is 43.2 Å². The molecule has 0 bridgehead atoms. The van der Waals surface area contributed by atoms with Gasteiger partial charge in [-0.25, -0.2) is 0 Å². The topological polar surface area (TPSA) is 56.1 Å². The van der Waals surface area contributed by atoms with Crippen molar-refractivity contribution in [3.05, 3.63) is 48.2 Å². The van der Waals surface area contributed by atoms with Crippen LogP contribution in [-0.4, -0.2) is 24.2 Å². The quantitative estimate of drug-likeness (QED) is 0.333. The maximum absolute atomic E-state index is 9.24. The number of hydrogen-bond acceptors (Lipinski definition) is 2. The number of rotatable bonds is 5. The first-order chi connectivity index (χ1) is 9.63. The number of nitrogens with one attached hydrogen (secondary N) is 2. The maximum Gasteiger partial charge on any atom is 0.149 e. The Morgan fingerprint density at radius 2 is 2.10 bits per heavy atom. The van der Waals surface area contributed by atoms with Crippen LogP contribution in [-0.2, 0) is 6.42 Å². The van der Waals surface area contributed by atoms with Gasteiger partial charge in [0.2, 0.25) is 0 Å². The van der Waals surface area contributed by atoms with Crippen LogP contribution in [0.5, 0.6) is 0 Å². The fourth-order valence-corrected chi connectivity index (χ4v) is 2.94. The van der Waals surface area contributed by atoms with E-state index < -0.39 is 0 Å². The van der Waals surface area contributed by atoms with E-state index in [1.165, 1.54) is 5.56 Å². The number of hydrogen-bond donors (Lipinski definition) is 3. The minimum Gasteiger partial charge on any atom is -0.513 e. The van der Waals surface area contributed by atoms with Gasteiger partial charge in [0.05, 0.1) is 11.6 Å².